The number of phenols is 1. The highest BCUT2D eigenvalue weighted by Crippen LogP contribution is 2.31. The number of hydrogen-bond donors (Lipinski definition) is 2. The standard InChI is InChI=1S/C14H13NO4/c1-9(14(17)18)19-13-6-5-10(8-12(13)16)11-4-2-3-7-15-11/h2-9,16H,1H3,(H,17,18). The van der Waals surface area contributed by atoms with Gasteiger partial charge in [0.25, 0.3) is 0 Å². The van der Waals surface area contributed by atoms with Crippen molar-refractivity contribution in [1.29, 1.82) is 0 Å². The number of rotatable bonds is 4. The van der Waals surface area contributed by atoms with Crippen LogP contribution in [-0.2, 0) is 4.79 Å². The zero-order valence-corrected chi connectivity index (χ0v) is 10.3. The Morgan fingerprint density at radius 3 is 2.68 bits per heavy atom. The number of aliphatic carboxylic acids is 1. The lowest BCUT2D eigenvalue weighted by atomic mass is 10.1. The van der Waals surface area contributed by atoms with E-state index in [4.69, 9.17) is 9.84 Å². The molecule has 5 heteroatoms. The smallest absolute Gasteiger partial charge is 0.344 e. The number of hydrogen-bond acceptors (Lipinski definition) is 4. The Hall–Kier alpha value is -2.56. The topological polar surface area (TPSA) is 79.7 Å². The van der Waals surface area contributed by atoms with Crippen LogP contribution in [0.5, 0.6) is 11.5 Å². The quantitative estimate of drug-likeness (QED) is 0.880. The average Bonchev–Trinajstić information content (AvgIpc) is 2.41. The minimum Gasteiger partial charge on any atom is -0.504 e. The van der Waals surface area contributed by atoms with Gasteiger partial charge in [0, 0.05) is 11.8 Å². The molecule has 1 unspecified atom stereocenters. The Bertz CT molecular complexity index is 583. The van der Waals surface area contributed by atoms with Gasteiger partial charge in [-0.3, -0.25) is 4.98 Å². The van der Waals surface area contributed by atoms with Crippen LogP contribution in [0, 0.1) is 0 Å². The van der Waals surface area contributed by atoms with Crippen molar-refractivity contribution >= 4 is 5.97 Å². The van der Waals surface area contributed by atoms with Crippen LogP contribution >= 0.6 is 0 Å². The number of ether oxygens (including phenoxy) is 1. The van der Waals surface area contributed by atoms with Gasteiger partial charge in [0.2, 0.25) is 0 Å². The van der Waals surface area contributed by atoms with Gasteiger partial charge in [-0.2, -0.15) is 0 Å². The Labute approximate surface area is 110 Å². The van der Waals surface area contributed by atoms with Gasteiger partial charge in [-0.1, -0.05) is 6.07 Å². The number of carbonyl (C=O) groups is 1. The van der Waals surface area contributed by atoms with Crippen molar-refractivity contribution in [3.63, 3.8) is 0 Å². The first-order valence-corrected chi connectivity index (χ1v) is 5.72. The summed E-state index contributed by atoms with van der Waals surface area (Å²) in [5.74, 6) is -1.07. The monoisotopic (exact) mass is 259 g/mol. The van der Waals surface area contributed by atoms with Crippen LogP contribution < -0.4 is 4.74 Å². The molecule has 0 saturated heterocycles. The number of pyridine rings is 1. The highest BCUT2D eigenvalue weighted by Gasteiger charge is 2.15. The Kier molecular flexibility index (Phi) is 3.66. The van der Waals surface area contributed by atoms with Crippen LogP contribution in [0.25, 0.3) is 11.3 Å². The first-order valence-electron chi connectivity index (χ1n) is 5.72. The maximum atomic E-state index is 10.7. The highest BCUT2D eigenvalue weighted by atomic mass is 16.5. The van der Waals surface area contributed by atoms with E-state index in [-0.39, 0.29) is 11.5 Å². The first-order chi connectivity index (χ1) is 9.08. The third kappa shape index (κ3) is 3.01. The molecule has 5 nitrogen and oxygen atoms in total. The number of aromatic nitrogens is 1. The van der Waals surface area contributed by atoms with Crippen LogP contribution in [-0.4, -0.2) is 27.3 Å². The number of carboxylic acid groups (broad SMARTS) is 1. The molecule has 0 bridgehead atoms. The molecule has 19 heavy (non-hydrogen) atoms. The predicted octanol–water partition coefficient (Wildman–Crippen LogP) is 2.31. The number of benzene rings is 1. The average molecular weight is 259 g/mol. The van der Waals surface area contributed by atoms with Crippen molar-refractivity contribution in [3.8, 4) is 22.8 Å². The summed E-state index contributed by atoms with van der Waals surface area (Å²) in [6.45, 7) is 1.40. The Morgan fingerprint density at radius 1 is 1.32 bits per heavy atom. The van der Waals surface area contributed by atoms with Crippen LogP contribution in [0.1, 0.15) is 6.92 Å². The summed E-state index contributed by atoms with van der Waals surface area (Å²) in [6, 6.07) is 10.2. The molecule has 0 aliphatic heterocycles. The summed E-state index contributed by atoms with van der Waals surface area (Å²) in [5.41, 5.74) is 1.45. The van der Waals surface area contributed by atoms with Gasteiger partial charge >= 0.3 is 5.97 Å². The lowest BCUT2D eigenvalue weighted by Crippen LogP contribution is -2.22. The molecule has 98 valence electrons. The summed E-state index contributed by atoms with van der Waals surface area (Å²) < 4.78 is 5.13. The highest BCUT2D eigenvalue weighted by molar-refractivity contribution is 5.72. The lowest BCUT2D eigenvalue weighted by molar-refractivity contribution is -0.144. The second kappa shape index (κ2) is 5.39. The molecule has 0 saturated carbocycles. The molecule has 2 rings (SSSR count). The van der Waals surface area contributed by atoms with Crippen molar-refractivity contribution in [1.82, 2.24) is 4.98 Å². The molecule has 1 aromatic carbocycles. The number of aromatic hydroxyl groups is 1. The van der Waals surface area contributed by atoms with E-state index in [1.54, 1.807) is 18.3 Å². The number of carboxylic acids is 1. The van der Waals surface area contributed by atoms with Crippen molar-refractivity contribution in [2.24, 2.45) is 0 Å². The Balaban J connectivity index is 2.25. The lowest BCUT2D eigenvalue weighted by Gasteiger charge is -2.12. The minimum atomic E-state index is -1.09. The van der Waals surface area contributed by atoms with Crippen LogP contribution in [0.2, 0.25) is 0 Å². The summed E-state index contributed by atoms with van der Waals surface area (Å²) in [6.07, 6.45) is 0.634. The van der Waals surface area contributed by atoms with E-state index in [9.17, 15) is 9.90 Å². The fraction of sp³-hybridized carbons (Fsp3) is 0.143. The van der Waals surface area contributed by atoms with E-state index in [1.165, 1.54) is 19.1 Å². The SMILES string of the molecule is CC(Oc1ccc(-c2ccccn2)cc1O)C(=O)O. The Morgan fingerprint density at radius 2 is 2.11 bits per heavy atom. The second-order valence-electron chi connectivity index (χ2n) is 4.00. The van der Waals surface area contributed by atoms with E-state index in [2.05, 4.69) is 4.98 Å². The van der Waals surface area contributed by atoms with Crippen molar-refractivity contribution in [3.05, 3.63) is 42.6 Å². The molecule has 0 aliphatic carbocycles. The van der Waals surface area contributed by atoms with Gasteiger partial charge < -0.3 is 14.9 Å². The maximum Gasteiger partial charge on any atom is 0.344 e. The van der Waals surface area contributed by atoms with Gasteiger partial charge in [-0.15, -0.1) is 0 Å². The van der Waals surface area contributed by atoms with Gasteiger partial charge in [0.05, 0.1) is 5.69 Å². The predicted molar refractivity (Wildman–Crippen MR) is 69.1 cm³/mol. The molecule has 2 N–H and O–H groups in total. The normalized spacial score (nSPS) is 11.8. The van der Waals surface area contributed by atoms with E-state index in [0.29, 0.717) is 0 Å². The molecule has 2 aromatic rings. The van der Waals surface area contributed by atoms with Crippen molar-refractivity contribution < 1.29 is 19.7 Å². The van der Waals surface area contributed by atoms with Gasteiger partial charge in [-0.05, 0) is 37.3 Å². The molecule has 1 atom stereocenters. The maximum absolute atomic E-state index is 10.7. The van der Waals surface area contributed by atoms with Gasteiger partial charge in [-0.25, -0.2) is 4.79 Å². The van der Waals surface area contributed by atoms with Crippen molar-refractivity contribution in [2.45, 2.75) is 13.0 Å². The van der Waals surface area contributed by atoms with Crippen LogP contribution in [0.3, 0.4) is 0 Å². The molecule has 1 aromatic heterocycles. The number of nitrogens with zero attached hydrogens (tertiary/aromatic N) is 1. The molecule has 0 spiro atoms. The third-order valence-electron chi connectivity index (χ3n) is 2.57. The zero-order chi connectivity index (χ0) is 13.8. The molecule has 0 amide bonds. The van der Waals surface area contributed by atoms with Crippen molar-refractivity contribution in [2.75, 3.05) is 0 Å². The molecule has 1 heterocycles. The van der Waals surface area contributed by atoms with E-state index >= 15 is 0 Å². The molecule has 0 aliphatic rings. The molecule has 0 radical (unpaired) electrons. The molecular weight excluding hydrogens is 246 g/mol. The molecule has 0 fully saturated rings. The van der Waals surface area contributed by atoms with E-state index in [0.717, 1.165) is 11.3 Å². The van der Waals surface area contributed by atoms with E-state index < -0.39 is 12.1 Å². The summed E-state index contributed by atoms with van der Waals surface area (Å²) >= 11 is 0. The summed E-state index contributed by atoms with van der Waals surface area (Å²) in [4.78, 5) is 14.8. The van der Waals surface area contributed by atoms with E-state index in [1.807, 2.05) is 12.1 Å². The molecular formula is C14H13NO4. The second-order valence-corrected chi connectivity index (χ2v) is 4.00. The fourth-order valence-corrected chi connectivity index (χ4v) is 1.55. The minimum absolute atomic E-state index is 0.115. The fourth-order valence-electron chi connectivity index (χ4n) is 1.55. The summed E-state index contributed by atoms with van der Waals surface area (Å²) in [7, 11) is 0. The largest absolute Gasteiger partial charge is 0.504 e. The summed E-state index contributed by atoms with van der Waals surface area (Å²) in [5, 5.41) is 18.6. The van der Waals surface area contributed by atoms with Gasteiger partial charge in [0.1, 0.15) is 0 Å². The zero-order valence-electron chi connectivity index (χ0n) is 10.3. The van der Waals surface area contributed by atoms with Gasteiger partial charge in [0.15, 0.2) is 17.6 Å². The van der Waals surface area contributed by atoms with Crippen LogP contribution in [0.4, 0.5) is 0 Å². The third-order valence-corrected chi connectivity index (χ3v) is 2.57. The number of phenolic OH excluding ortho intramolecular Hbond substituents is 1. The van der Waals surface area contributed by atoms with Crippen LogP contribution in [0.15, 0.2) is 42.6 Å². The first kappa shape index (κ1) is 12.9.